The SMILES string of the molecule is Cc1ccsc1CN1CCCC(CCN)C1.Cl. The van der Waals surface area contributed by atoms with Gasteiger partial charge in [-0.25, -0.2) is 0 Å². The van der Waals surface area contributed by atoms with Gasteiger partial charge in [0.25, 0.3) is 0 Å². The lowest BCUT2D eigenvalue weighted by Gasteiger charge is -2.32. The van der Waals surface area contributed by atoms with E-state index in [1.807, 2.05) is 11.3 Å². The van der Waals surface area contributed by atoms with E-state index in [0.29, 0.717) is 0 Å². The van der Waals surface area contributed by atoms with Gasteiger partial charge in [-0.3, -0.25) is 4.90 Å². The smallest absolute Gasteiger partial charge is 0.0330 e. The van der Waals surface area contributed by atoms with Gasteiger partial charge >= 0.3 is 0 Å². The Morgan fingerprint density at radius 1 is 1.53 bits per heavy atom. The Bertz CT molecular complexity index is 325. The van der Waals surface area contributed by atoms with E-state index in [1.54, 1.807) is 0 Å². The first-order valence-electron chi connectivity index (χ1n) is 6.25. The van der Waals surface area contributed by atoms with Crippen LogP contribution in [0.3, 0.4) is 0 Å². The van der Waals surface area contributed by atoms with Gasteiger partial charge in [0, 0.05) is 18.0 Å². The number of rotatable bonds is 4. The van der Waals surface area contributed by atoms with Gasteiger partial charge in [-0.05, 0) is 62.2 Å². The summed E-state index contributed by atoms with van der Waals surface area (Å²) in [7, 11) is 0. The fourth-order valence-corrected chi connectivity index (χ4v) is 3.48. The van der Waals surface area contributed by atoms with Crippen molar-refractivity contribution in [2.45, 2.75) is 32.7 Å². The third-order valence-corrected chi connectivity index (χ3v) is 4.52. The van der Waals surface area contributed by atoms with Crippen molar-refractivity contribution < 1.29 is 0 Å². The van der Waals surface area contributed by atoms with E-state index in [9.17, 15) is 0 Å². The van der Waals surface area contributed by atoms with Crippen molar-refractivity contribution in [1.29, 1.82) is 0 Å². The Morgan fingerprint density at radius 2 is 2.35 bits per heavy atom. The van der Waals surface area contributed by atoms with Crippen LogP contribution >= 0.6 is 23.7 Å². The summed E-state index contributed by atoms with van der Waals surface area (Å²) >= 11 is 1.89. The molecule has 1 aliphatic rings. The molecule has 0 spiro atoms. The molecule has 1 saturated heterocycles. The molecular weight excluding hydrogens is 252 g/mol. The average molecular weight is 275 g/mol. The minimum absolute atomic E-state index is 0. The van der Waals surface area contributed by atoms with Gasteiger partial charge in [-0.1, -0.05) is 0 Å². The van der Waals surface area contributed by atoms with Crippen LogP contribution in [0, 0.1) is 12.8 Å². The molecule has 0 amide bonds. The molecule has 0 bridgehead atoms. The lowest BCUT2D eigenvalue weighted by Crippen LogP contribution is -2.35. The summed E-state index contributed by atoms with van der Waals surface area (Å²) < 4.78 is 0. The Kier molecular flexibility index (Phi) is 6.49. The van der Waals surface area contributed by atoms with Crippen LogP contribution < -0.4 is 5.73 Å². The molecule has 4 heteroatoms. The molecule has 1 aromatic rings. The second-order valence-electron chi connectivity index (χ2n) is 4.85. The van der Waals surface area contributed by atoms with E-state index < -0.39 is 0 Å². The molecule has 2 rings (SSSR count). The first-order chi connectivity index (χ1) is 7.79. The molecule has 0 aromatic carbocycles. The van der Waals surface area contributed by atoms with E-state index >= 15 is 0 Å². The molecule has 2 heterocycles. The van der Waals surface area contributed by atoms with Crippen LogP contribution in [0.5, 0.6) is 0 Å². The summed E-state index contributed by atoms with van der Waals surface area (Å²) in [5.74, 6) is 0.832. The minimum Gasteiger partial charge on any atom is -0.330 e. The number of nitrogens with zero attached hydrogens (tertiary/aromatic N) is 1. The lowest BCUT2D eigenvalue weighted by atomic mass is 9.95. The summed E-state index contributed by atoms with van der Waals surface area (Å²) in [6.07, 6.45) is 3.91. The van der Waals surface area contributed by atoms with Gasteiger partial charge in [0.15, 0.2) is 0 Å². The minimum atomic E-state index is 0. The Hall–Kier alpha value is -0.0900. The normalized spacial score (nSPS) is 21.2. The number of thiophene rings is 1. The number of hydrogen-bond acceptors (Lipinski definition) is 3. The average Bonchev–Trinajstić information content (AvgIpc) is 2.66. The maximum absolute atomic E-state index is 5.65. The highest BCUT2D eigenvalue weighted by atomic mass is 35.5. The molecule has 17 heavy (non-hydrogen) atoms. The van der Waals surface area contributed by atoms with Gasteiger partial charge in [0.2, 0.25) is 0 Å². The fraction of sp³-hybridized carbons (Fsp3) is 0.692. The number of hydrogen-bond donors (Lipinski definition) is 1. The molecule has 98 valence electrons. The van der Waals surface area contributed by atoms with Crippen LogP contribution in [-0.2, 0) is 6.54 Å². The predicted octanol–water partition coefficient (Wildman–Crippen LogP) is 3.04. The first kappa shape index (κ1) is 15.0. The van der Waals surface area contributed by atoms with Gasteiger partial charge < -0.3 is 5.73 Å². The van der Waals surface area contributed by atoms with E-state index in [4.69, 9.17) is 5.73 Å². The van der Waals surface area contributed by atoms with Crippen molar-refractivity contribution in [2.24, 2.45) is 11.7 Å². The van der Waals surface area contributed by atoms with Crippen molar-refractivity contribution in [3.05, 3.63) is 21.9 Å². The van der Waals surface area contributed by atoms with E-state index in [2.05, 4.69) is 23.3 Å². The second-order valence-corrected chi connectivity index (χ2v) is 5.85. The Morgan fingerprint density at radius 3 is 3.00 bits per heavy atom. The van der Waals surface area contributed by atoms with Crippen LogP contribution in [0.1, 0.15) is 29.7 Å². The standard InChI is InChI=1S/C13H22N2S.ClH/c1-11-5-8-16-13(11)10-15-7-2-3-12(9-15)4-6-14;/h5,8,12H,2-4,6-7,9-10,14H2,1H3;1H. The zero-order valence-electron chi connectivity index (χ0n) is 10.5. The van der Waals surface area contributed by atoms with E-state index in [1.165, 1.54) is 42.8 Å². The maximum Gasteiger partial charge on any atom is 0.0330 e. The Labute approximate surface area is 115 Å². The topological polar surface area (TPSA) is 29.3 Å². The quantitative estimate of drug-likeness (QED) is 0.914. The molecule has 0 radical (unpaired) electrons. The molecule has 2 N–H and O–H groups in total. The largest absolute Gasteiger partial charge is 0.330 e. The van der Waals surface area contributed by atoms with Crippen LogP contribution in [-0.4, -0.2) is 24.5 Å². The molecule has 1 aromatic heterocycles. The van der Waals surface area contributed by atoms with E-state index in [0.717, 1.165) is 19.0 Å². The summed E-state index contributed by atoms with van der Waals surface area (Å²) in [5.41, 5.74) is 7.10. The lowest BCUT2D eigenvalue weighted by molar-refractivity contribution is 0.164. The summed E-state index contributed by atoms with van der Waals surface area (Å²) in [4.78, 5) is 4.14. The third-order valence-electron chi connectivity index (χ3n) is 3.51. The number of piperidine rings is 1. The van der Waals surface area contributed by atoms with Crippen molar-refractivity contribution in [2.75, 3.05) is 19.6 Å². The highest BCUT2D eigenvalue weighted by Crippen LogP contribution is 2.23. The van der Waals surface area contributed by atoms with Crippen molar-refractivity contribution in [1.82, 2.24) is 4.90 Å². The summed E-state index contributed by atoms with van der Waals surface area (Å²) in [6, 6.07) is 2.22. The number of halogens is 1. The molecule has 0 saturated carbocycles. The van der Waals surface area contributed by atoms with Gasteiger partial charge in [-0.2, -0.15) is 0 Å². The molecule has 1 fully saturated rings. The first-order valence-corrected chi connectivity index (χ1v) is 7.13. The number of aryl methyl sites for hydroxylation is 1. The van der Waals surface area contributed by atoms with Crippen molar-refractivity contribution >= 4 is 23.7 Å². The maximum atomic E-state index is 5.65. The van der Waals surface area contributed by atoms with E-state index in [-0.39, 0.29) is 12.4 Å². The van der Waals surface area contributed by atoms with Gasteiger partial charge in [0.1, 0.15) is 0 Å². The highest BCUT2D eigenvalue weighted by molar-refractivity contribution is 7.10. The van der Waals surface area contributed by atoms with Gasteiger partial charge in [-0.15, -0.1) is 23.7 Å². The zero-order chi connectivity index (χ0) is 11.4. The molecule has 0 aliphatic carbocycles. The molecular formula is C13H23ClN2S. The summed E-state index contributed by atoms with van der Waals surface area (Å²) in [6.45, 7) is 6.71. The number of likely N-dealkylation sites (tertiary alicyclic amines) is 1. The predicted molar refractivity (Wildman–Crippen MR) is 78.0 cm³/mol. The number of nitrogens with two attached hydrogens (primary N) is 1. The molecule has 1 atom stereocenters. The monoisotopic (exact) mass is 274 g/mol. The molecule has 1 aliphatic heterocycles. The zero-order valence-corrected chi connectivity index (χ0v) is 12.2. The molecule has 2 nitrogen and oxygen atoms in total. The highest BCUT2D eigenvalue weighted by Gasteiger charge is 2.19. The van der Waals surface area contributed by atoms with Crippen molar-refractivity contribution in [3.8, 4) is 0 Å². The Balaban J connectivity index is 0.00000144. The second kappa shape index (κ2) is 7.37. The van der Waals surface area contributed by atoms with Crippen LogP contribution in [0.15, 0.2) is 11.4 Å². The van der Waals surface area contributed by atoms with Crippen LogP contribution in [0.25, 0.3) is 0 Å². The fourth-order valence-electron chi connectivity index (χ4n) is 2.54. The van der Waals surface area contributed by atoms with Crippen LogP contribution in [0.2, 0.25) is 0 Å². The van der Waals surface area contributed by atoms with Gasteiger partial charge in [0.05, 0.1) is 0 Å². The van der Waals surface area contributed by atoms with Crippen molar-refractivity contribution in [3.63, 3.8) is 0 Å². The third kappa shape index (κ3) is 4.25. The molecule has 1 unspecified atom stereocenters. The van der Waals surface area contributed by atoms with Crippen LogP contribution in [0.4, 0.5) is 0 Å². The summed E-state index contributed by atoms with van der Waals surface area (Å²) in [5, 5.41) is 2.20.